The second kappa shape index (κ2) is 11.5. The first-order valence-electron chi connectivity index (χ1n) is 11.7. The van der Waals surface area contributed by atoms with Crippen LogP contribution in [0.15, 0.2) is 58.5 Å². The summed E-state index contributed by atoms with van der Waals surface area (Å²) >= 11 is 0. The Bertz CT molecular complexity index is 1430. The summed E-state index contributed by atoms with van der Waals surface area (Å²) in [6.07, 6.45) is 1.56. The average molecular weight is 524 g/mol. The van der Waals surface area contributed by atoms with Crippen LogP contribution in [0.5, 0.6) is 11.5 Å². The summed E-state index contributed by atoms with van der Waals surface area (Å²) in [5.41, 5.74) is 8.82. The van der Waals surface area contributed by atoms with Gasteiger partial charge in [0.1, 0.15) is 6.54 Å². The van der Waals surface area contributed by atoms with E-state index in [2.05, 4.69) is 10.5 Å². The van der Waals surface area contributed by atoms with Gasteiger partial charge in [0.15, 0.2) is 11.5 Å². The number of methoxy groups -OCH3 is 2. The maximum absolute atomic E-state index is 13.8. The Balaban J connectivity index is 1.94. The standard InChI is InChI=1S/C28H33N3O5S/c1-18-12-19(2)14-24(13-18)31(37(33,34)25-10-11-26(35-6)27(15-25)36-7)17-28(32)30-29-16-23-9-8-20(3)21(4)22(23)5/h8-16H,17H2,1-7H3,(H,30,32)/b29-16-. The molecular formula is C28H33N3O5S. The van der Waals surface area contributed by atoms with E-state index in [1.165, 1.54) is 38.0 Å². The van der Waals surface area contributed by atoms with Crippen LogP contribution in [0.25, 0.3) is 0 Å². The Kier molecular flexibility index (Phi) is 8.60. The SMILES string of the molecule is COc1ccc(S(=O)(=O)N(CC(=O)N/N=C\c2ccc(C)c(C)c2C)c2cc(C)cc(C)c2)cc1OC. The highest BCUT2D eigenvalue weighted by molar-refractivity contribution is 7.92. The van der Waals surface area contributed by atoms with Crippen LogP contribution < -0.4 is 19.2 Å². The lowest BCUT2D eigenvalue weighted by atomic mass is 10.00. The molecule has 0 saturated carbocycles. The van der Waals surface area contributed by atoms with Crippen LogP contribution in [0, 0.1) is 34.6 Å². The van der Waals surface area contributed by atoms with Crippen molar-refractivity contribution in [3.63, 3.8) is 0 Å². The Hall–Kier alpha value is -3.85. The van der Waals surface area contributed by atoms with Crippen molar-refractivity contribution in [3.05, 3.63) is 81.9 Å². The molecule has 3 aromatic carbocycles. The van der Waals surface area contributed by atoms with Gasteiger partial charge in [-0.1, -0.05) is 18.2 Å². The first kappa shape index (κ1) is 27.7. The van der Waals surface area contributed by atoms with Crippen molar-refractivity contribution in [3.8, 4) is 11.5 Å². The van der Waals surface area contributed by atoms with E-state index >= 15 is 0 Å². The number of hydrogen-bond donors (Lipinski definition) is 1. The number of benzene rings is 3. The first-order valence-corrected chi connectivity index (χ1v) is 13.1. The van der Waals surface area contributed by atoms with Gasteiger partial charge in [-0.2, -0.15) is 5.10 Å². The fourth-order valence-electron chi connectivity index (χ4n) is 3.97. The van der Waals surface area contributed by atoms with Crippen LogP contribution in [0.2, 0.25) is 0 Å². The maximum atomic E-state index is 13.8. The predicted octanol–water partition coefficient (Wildman–Crippen LogP) is 4.59. The van der Waals surface area contributed by atoms with Gasteiger partial charge in [-0.3, -0.25) is 9.10 Å². The van der Waals surface area contributed by atoms with E-state index in [0.29, 0.717) is 11.4 Å². The molecule has 0 aromatic heterocycles. The number of carbonyl (C=O) groups excluding carboxylic acids is 1. The first-order chi connectivity index (χ1) is 17.5. The number of nitrogens with one attached hydrogen (secondary N) is 1. The molecule has 3 rings (SSSR count). The van der Waals surface area contributed by atoms with Crippen molar-refractivity contribution in [2.45, 2.75) is 39.5 Å². The minimum absolute atomic E-state index is 0.0358. The van der Waals surface area contributed by atoms with Crippen LogP contribution >= 0.6 is 0 Å². The molecule has 0 saturated heterocycles. The minimum atomic E-state index is -4.15. The predicted molar refractivity (Wildman–Crippen MR) is 146 cm³/mol. The lowest BCUT2D eigenvalue weighted by Gasteiger charge is -2.25. The number of rotatable bonds is 9. The third kappa shape index (κ3) is 6.29. The average Bonchev–Trinajstić information content (AvgIpc) is 2.86. The van der Waals surface area contributed by atoms with Crippen molar-refractivity contribution >= 4 is 27.8 Å². The number of aryl methyl sites for hydroxylation is 3. The number of ether oxygens (including phenoxy) is 2. The summed E-state index contributed by atoms with van der Waals surface area (Å²) in [6, 6.07) is 13.6. The normalized spacial score (nSPS) is 11.4. The molecule has 0 aliphatic carbocycles. The van der Waals surface area contributed by atoms with Gasteiger partial charge in [-0.05, 0) is 92.3 Å². The molecule has 1 amide bonds. The van der Waals surface area contributed by atoms with Gasteiger partial charge < -0.3 is 9.47 Å². The molecule has 0 heterocycles. The molecule has 8 nitrogen and oxygen atoms in total. The fraction of sp³-hybridized carbons (Fsp3) is 0.286. The maximum Gasteiger partial charge on any atom is 0.264 e. The second-order valence-corrected chi connectivity index (χ2v) is 10.8. The van der Waals surface area contributed by atoms with Crippen LogP contribution in [0.3, 0.4) is 0 Å². The van der Waals surface area contributed by atoms with Crippen molar-refractivity contribution in [1.82, 2.24) is 5.43 Å². The largest absolute Gasteiger partial charge is 0.493 e. The van der Waals surface area contributed by atoms with Crippen molar-refractivity contribution < 1.29 is 22.7 Å². The van der Waals surface area contributed by atoms with E-state index in [1.54, 1.807) is 18.3 Å². The Morgan fingerprint density at radius 2 is 1.54 bits per heavy atom. The molecule has 0 bridgehead atoms. The third-order valence-electron chi connectivity index (χ3n) is 6.22. The zero-order valence-corrected chi connectivity index (χ0v) is 23.1. The molecular weight excluding hydrogens is 490 g/mol. The fourth-order valence-corrected chi connectivity index (χ4v) is 5.39. The molecule has 37 heavy (non-hydrogen) atoms. The summed E-state index contributed by atoms with van der Waals surface area (Å²) in [5, 5.41) is 4.08. The van der Waals surface area contributed by atoms with E-state index in [1.807, 2.05) is 52.8 Å². The molecule has 0 radical (unpaired) electrons. The van der Waals surface area contributed by atoms with E-state index in [9.17, 15) is 13.2 Å². The molecule has 0 aliphatic heterocycles. The summed E-state index contributed by atoms with van der Waals surface area (Å²) < 4.78 is 39.2. The van der Waals surface area contributed by atoms with E-state index < -0.39 is 22.5 Å². The highest BCUT2D eigenvalue weighted by Crippen LogP contribution is 2.32. The Morgan fingerprint density at radius 3 is 2.16 bits per heavy atom. The van der Waals surface area contributed by atoms with Gasteiger partial charge in [-0.15, -0.1) is 0 Å². The quantitative estimate of drug-likeness (QED) is 0.327. The van der Waals surface area contributed by atoms with Crippen LogP contribution in [-0.4, -0.2) is 41.3 Å². The number of nitrogens with zero attached hydrogens (tertiary/aromatic N) is 2. The lowest BCUT2D eigenvalue weighted by Crippen LogP contribution is -2.39. The molecule has 0 unspecified atom stereocenters. The number of carbonyl (C=O) groups is 1. The number of sulfonamides is 1. The highest BCUT2D eigenvalue weighted by atomic mass is 32.2. The summed E-state index contributed by atoms with van der Waals surface area (Å²) in [7, 11) is -1.25. The minimum Gasteiger partial charge on any atom is -0.493 e. The van der Waals surface area contributed by atoms with Crippen LogP contribution in [0.1, 0.15) is 33.4 Å². The van der Waals surface area contributed by atoms with E-state index in [-0.39, 0.29) is 10.6 Å². The van der Waals surface area contributed by atoms with Gasteiger partial charge in [0, 0.05) is 6.07 Å². The van der Waals surface area contributed by atoms with Gasteiger partial charge >= 0.3 is 0 Å². The molecule has 0 atom stereocenters. The van der Waals surface area contributed by atoms with Crippen molar-refractivity contribution in [2.75, 3.05) is 25.1 Å². The second-order valence-electron chi connectivity index (χ2n) is 8.89. The molecule has 0 aliphatic rings. The van der Waals surface area contributed by atoms with Crippen molar-refractivity contribution in [1.29, 1.82) is 0 Å². The van der Waals surface area contributed by atoms with Crippen LogP contribution in [-0.2, 0) is 14.8 Å². The smallest absolute Gasteiger partial charge is 0.264 e. The highest BCUT2D eigenvalue weighted by Gasteiger charge is 2.28. The monoisotopic (exact) mass is 523 g/mol. The Morgan fingerprint density at radius 1 is 0.892 bits per heavy atom. The van der Waals surface area contributed by atoms with E-state index in [0.717, 1.165) is 32.1 Å². The van der Waals surface area contributed by atoms with E-state index in [4.69, 9.17) is 9.47 Å². The molecule has 0 fully saturated rings. The van der Waals surface area contributed by atoms with Gasteiger partial charge in [0.05, 0.1) is 31.0 Å². The topological polar surface area (TPSA) is 97.3 Å². The number of hydrogen-bond acceptors (Lipinski definition) is 6. The molecule has 196 valence electrons. The summed E-state index contributed by atoms with van der Waals surface area (Å²) in [5.74, 6) is 0.0795. The lowest BCUT2D eigenvalue weighted by molar-refractivity contribution is -0.119. The molecule has 0 spiro atoms. The van der Waals surface area contributed by atoms with Gasteiger partial charge in [0.2, 0.25) is 0 Å². The zero-order valence-electron chi connectivity index (χ0n) is 22.2. The zero-order chi connectivity index (χ0) is 27.3. The summed E-state index contributed by atoms with van der Waals surface area (Å²) in [6.45, 7) is 9.32. The molecule has 1 N–H and O–H groups in total. The molecule has 3 aromatic rings. The van der Waals surface area contributed by atoms with Crippen LogP contribution in [0.4, 0.5) is 5.69 Å². The van der Waals surface area contributed by atoms with Gasteiger partial charge in [0.25, 0.3) is 15.9 Å². The third-order valence-corrected chi connectivity index (χ3v) is 7.99. The van der Waals surface area contributed by atoms with Crippen molar-refractivity contribution in [2.24, 2.45) is 5.10 Å². The van der Waals surface area contributed by atoms with Gasteiger partial charge in [-0.25, -0.2) is 13.8 Å². The molecule has 9 heteroatoms. The number of anilines is 1. The number of hydrazone groups is 1. The number of amides is 1. The summed E-state index contributed by atoms with van der Waals surface area (Å²) in [4.78, 5) is 12.9. The Labute approximate surface area is 219 Å².